The summed E-state index contributed by atoms with van der Waals surface area (Å²) >= 11 is 0. The smallest absolute Gasteiger partial charge is 0.323 e. The Morgan fingerprint density at radius 3 is 2.21 bits per heavy atom. The molecule has 0 saturated carbocycles. The van der Waals surface area contributed by atoms with Gasteiger partial charge in [-0.1, -0.05) is 30.3 Å². The van der Waals surface area contributed by atoms with Crippen molar-refractivity contribution in [3.63, 3.8) is 0 Å². The number of halogens is 2. The van der Waals surface area contributed by atoms with Crippen LogP contribution in [0.25, 0.3) is 0 Å². The molecule has 0 aromatic heterocycles. The quantitative estimate of drug-likeness (QED) is 0.633. The minimum Gasteiger partial charge on any atom is -0.348 e. The largest absolute Gasteiger partial charge is 0.348 e. The summed E-state index contributed by atoms with van der Waals surface area (Å²) in [6.45, 7) is 1.29. The molecule has 1 heterocycles. The van der Waals surface area contributed by atoms with E-state index in [0.29, 0.717) is 11.4 Å². The van der Waals surface area contributed by atoms with Crippen molar-refractivity contribution in [2.24, 2.45) is 0 Å². The van der Waals surface area contributed by atoms with Crippen molar-refractivity contribution in [1.82, 2.24) is 10.6 Å². The summed E-state index contributed by atoms with van der Waals surface area (Å²) in [5, 5.41) is 10.7. The minimum atomic E-state index is -2.85. The van der Waals surface area contributed by atoms with Gasteiger partial charge in [-0.05, 0) is 36.8 Å². The lowest BCUT2D eigenvalue weighted by Gasteiger charge is -2.18. The van der Waals surface area contributed by atoms with E-state index in [9.17, 15) is 18.4 Å². The first kappa shape index (κ1) is 19.8. The average Bonchev–Trinajstić information content (AvgIpc) is 3.03. The summed E-state index contributed by atoms with van der Waals surface area (Å²) in [4.78, 5) is 24.1. The van der Waals surface area contributed by atoms with Gasteiger partial charge in [0.2, 0.25) is 5.91 Å². The third kappa shape index (κ3) is 5.26. The lowest BCUT2D eigenvalue weighted by molar-refractivity contribution is -0.124. The number of hydrogen-bond acceptors (Lipinski definition) is 3. The highest BCUT2D eigenvalue weighted by atomic mass is 19.3. The van der Waals surface area contributed by atoms with Crippen molar-refractivity contribution in [3.05, 3.63) is 60.2 Å². The number of urea groups is 1. The zero-order valence-electron chi connectivity index (χ0n) is 15.3. The lowest BCUT2D eigenvalue weighted by atomic mass is 10.1. The van der Waals surface area contributed by atoms with Gasteiger partial charge >= 0.3 is 6.03 Å². The van der Waals surface area contributed by atoms with E-state index < -0.39 is 30.8 Å². The van der Waals surface area contributed by atoms with Gasteiger partial charge in [0, 0.05) is 17.8 Å². The molecule has 0 spiro atoms. The summed E-state index contributed by atoms with van der Waals surface area (Å²) < 4.78 is 26.4. The van der Waals surface area contributed by atoms with Gasteiger partial charge in [0.15, 0.2) is 0 Å². The van der Waals surface area contributed by atoms with Crippen LogP contribution >= 0.6 is 0 Å². The Bertz CT molecular complexity index is 828. The van der Waals surface area contributed by atoms with Crippen LogP contribution in [0.3, 0.4) is 0 Å². The van der Waals surface area contributed by atoms with Gasteiger partial charge in [0.25, 0.3) is 5.92 Å². The predicted octanol–water partition coefficient (Wildman–Crippen LogP) is 3.51. The monoisotopic (exact) mass is 388 g/mol. The summed E-state index contributed by atoms with van der Waals surface area (Å²) in [5.74, 6) is -3.30. The van der Waals surface area contributed by atoms with Crippen molar-refractivity contribution < 1.29 is 18.4 Å². The Morgan fingerprint density at radius 2 is 1.64 bits per heavy atom. The standard InChI is InChI=1S/C20H22F2N4O2/c1-13(24-18(27)17-11-20(21,22)12-23-17)14-7-9-16(10-8-14)26-19(28)25-15-5-3-2-4-6-15/h2-10,13,17,23H,11-12H2,1H3,(H,24,27)(H2,25,26,28). The average molecular weight is 388 g/mol. The molecule has 0 radical (unpaired) electrons. The van der Waals surface area contributed by atoms with Gasteiger partial charge in [-0.3, -0.25) is 10.1 Å². The first-order valence-corrected chi connectivity index (χ1v) is 8.97. The number of anilines is 2. The second-order valence-corrected chi connectivity index (χ2v) is 6.79. The number of amides is 3. The fraction of sp³-hybridized carbons (Fsp3) is 0.300. The highest BCUT2D eigenvalue weighted by Crippen LogP contribution is 2.25. The van der Waals surface area contributed by atoms with Crippen LogP contribution in [0.1, 0.15) is 24.9 Å². The Morgan fingerprint density at radius 1 is 1.04 bits per heavy atom. The molecule has 0 aliphatic carbocycles. The Balaban J connectivity index is 1.52. The number of rotatable bonds is 5. The molecule has 2 atom stereocenters. The zero-order valence-corrected chi connectivity index (χ0v) is 15.3. The van der Waals surface area contributed by atoms with Crippen LogP contribution in [-0.4, -0.2) is 30.4 Å². The maximum absolute atomic E-state index is 13.2. The molecule has 0 bridgehead atoms. The summed E-state index contributed by atoms with van der Waals surface area (Å²) in [7, 11) is 0. The number of hydrogen-bond donors (Lipinski definition) is 4. The van der Waals surface area contributed by atoms with E-state index in [1.54, 1.807) is 43.3 Å². The van der Waals surface area contributed by atoms with Crippen molar-refractivity contribution in [1.29, 1.82) is 0 Å². The Labute approximate surface area is 161 Å². The summed E-state index contributed by atoms with van der Waals surface area (Å²) in [6.07, 6.45) is -0.495. The van der Waals surface area contributed by atoms with Gasteiger partial charge in [-0.25, -0.2) is 13.6 Å². The van der Waals surface area contributed by atoms with Crippen LogP contribution in [0.15, 0.2) is 54.6 Å². The van der Waals surface area contributed by atoms with E-state index in [0.717, 1.165) is 5.56 Å². The van der Waals surface area contributed by atoms with Gasteiger partial charge < -0.3 is 16.0 Å². The molecule has 1 aliphatic rings. The van der Waals surface area contributed by atoms with Crippen molar-refractivity contribution in [2.75, 3.05) is 17.2 Å². The van der Waals surface area contributed by atoms with E-state index in [-0.39, 0.29) is 12.1 Å². The van der Waals surface area contributed by atoms with Gasteiger partial charge in [-0.2, -0.15) is 0 Å². The fourth-order valence-corrected chi connectivity index (χ4v) is 2.97. The SMILES string of the molecule is CC(NC(=O)C1CC(F)(F)CN1)c1ccc(NC(=O)Nc2ccccc2)cc1. The highest BCUT2D eigenvalue weighted by molar-refractivity contribution is 5.99. The second-order valence-electron chi connectivity index (χ2n) is 6.79. The molecule has 1 aliphatic heterocycles. The maximum atomic E-state index is 13.2. The van der Waals surface area contributed by atoms with Gasteiger partial charge in [0.1, 0.15) is 0 Å². The second kappa shape index (κ2) is 8.35. The first-order valence-electron chi connectivity index (χ1n) is 8.97. The zero-order chi connectivity index (χ0) is 20.1. The molecule has 6 nitrogen and oxygen atoms in total. The Kier molecular flexibility index (Phi) is 5.89. The molecule has 1 fully saturated rings. The van der Waals surface area contributed by atoms with E-state index in [1.165, 1.54) is 0 Å². The Hall–Kier alpha value is -3.00. The molecule has 148 valence electrons. The molecule has 1 saturated heterocycles. The number of carbonyl (C=O) groups excluding carboxylic acids is 2. The van der Waals surface area contributed by atoms with Gasteiger partial charge in [-0.15, -0.1) is 0 Å². The lowest BCUT2D eigenvalue weighted by Crippen LogP contribution is -2.41. The molecule has 2 aromatic carbocycles. The van der Waals surface area contributed by atoms with Crippen LogP contribution < -0.4 is 21.3 Å². The molecule has 3 rings (SSSR count). The number of carbonyl (C=O) groups is 2. The van der Waals surface area contributed by atoms with Crippen LogP contribution in [0.2, 0.25) is 0 Å². The van der Waals surface area contributed by atoms with Crippen molar-refractivity contribution in [2.45, 2.75) is 31.4 Å². The van der Waals surface area contributed by atoms with Crippen LogP contribution in [0, 0.1) is 0 Å². The first-order chi connectivity index (χ1) is 13.3. The molecule has 3 amide bonds. The fourth-order valence-electron chi connectivity index (χ4n) is 2.97. The van der Waals surface area contributed by atoms with Gasteiger partial charge in [0.05, 0.1) is 18.6 Å². The van der Waals surface area contributed by atoms with Crippen molar-refractivity contribution >= 4 is 23.3 Å². The van der Waals surface area contributed by atoms with E-state index in [4.69, 9.17) is 0 Å². The minimum absolute atomic E-state index is 0.351. The number of nitrogens with one attached hydrogen (secondary N) is 4. The van der Waals surface area contributed by atoms with Crippen LogP contribution in [-0.2, 0) is 4.79 Å². The molecule has 2 aromatic rings. The highest BCUT2D eigenvalue weighted by Gasteiger charge is 2.42. The van der Waals surface area contributed by atoms with Crippen molar-refractivity contribution in [3.8, 4) is 0 Å². The van der Waals surface area contributed by atoms with E-state index in [1.807, 2.05) is 18.2 Å². The molecule has 4 N–H and O–H groups in total. The summed E-state index contributed by atoms with van der Waals surface area (Å²) in [6, 6.07) is 14.4. The summed E-state index contributed by atoms with van der Waals surface area (Å²) in [5.41, 5.74) is 2.07. The predicted molar refractivity (Wildman–Crippen MR) is 103 cm³/mol. The van der Waals surface area contributed by atoms with Crippen LogP contribution in [0.5, 0.6) is 0 Å². The molecular formula is C20H22F2N4O2. The third-order valence-electron chi connectivity index (χ3n) is 4.49. The molecular weight excluding hydrogens is 366 g/mol. The molecule has 2 unspecified atom stereocenters. The van der Waals surface area contributed by atoms with Crippen LogP contribution in [0.4, 0.5) is 25.0 Å². The number of alkyl halides is 2. The molecule has 28 heavy (non-hydrogen) atoms. The normalized spacial score (nSPS) is 18.9. The topological polar surface area (TPSA) is 82.3 Å². The maximum Gasteiger partial charge on any atom is 0.323 e. The number of para-hydroxylation sites is 1. The molecule has 8 heteroatoms. The van der Waals surface area contributed by atoms with E-state index >= 15 is 0 Å². The van der Waals surface area contributed by atoms with E-state index in [2.05, 4.69) is 21.3 Å². The number of benzene rings is 2. The third-order valence-corrected chi connectivity index (χ3v) is 4.49.